The molecular formula is C21H20ClN3O2S2. The monoisotopic (exact) mass is 445 g/mol. The molecule has 1 aromatic carbocycles. The van der Waals surface area contributed by atoms with Gasteiger partial charge in [-0.3, -0.25) is 14.5 Å². The molecule has 0 unspecified atom stereocenters. The number of carbonyl (C=O) groups is 2. The van der Waals surface area contributed by atoms with Gasteiger partial charge in [-0.25, -0.2) is 0 Å². The van der Waals surface area contributed by atoms with Crippen LogP contribution < -0.4 is 5.32 Å². The Morgan fingerprint density at radius 1 is 1.00 bits per heavy atom. The van der Waals surface area contributed by atoms with Crippen molar-refractivity contribution in [3.05, 3.63) is 73.6 Å². The minimum Gasteiger partial charge on any atom is -0.336 e. The van der Waals surface area contributed by atoms with E-state index in [1.165, 1.54) is 16.2 Å². The fourth-order valence-electron chi connectivity index (χ4n) is 3.31. The molecule has 0 radical (unpaired) electrons. The Morgan fingerprint density at radius 2 is 1.79 bits per heavy atom. The summed E-state index contributed by atoms with van der Waals surface area (Å²) in [6, 6.07) is 14.8. The van der Waals surface area contributed by atoms with Crippen molar-refractivity contribution in [1.82, 2.24) is 9.80 Å². The average molecular weight is 446 g/mol. The predicted molar refractivity (Wildman–Crippen MR) is 119 cm³/mol. The molecule has 0 atom stereocenters. The molecule has 1 saturated heterocycles. The average Bonchev–Trinajstić information content (AvgIpc) is 3.41. The second kappa shape index (κ2) is 9.09. The van der Waals surface area contributed by atoms with E-state index in [0.29, 0.717) is 29.2 Å². The molecule has 0 bridgehead atoms. The number of hydrogen-bond donors (Lipinski definition) is 1. The number of carbonyl (C=O) groups excluding carboxylic acids is 2. The molecule has 2 amide bonds. The zero-order valence-corrected chi connectivity index (χ0v) is 18.0. The molecule has 3 heterocycles. The van der Waals surface area contributed by atoms with Gasteiger partial charge in [0.25, 0.3) is 11.8 Å². The van der Waals surface area contributed by atoms with E-state index in [0.717, 1.165) is 24.0 Å². The second-order valence-electron chi connectivity index (χ2n) is 6.75. The molecule has 29 heavy (non-hydrogen) atoms. The van der Waals surface area contributed by atoms with Gasteiger partial charge in [-0.1, -0.05) is 29.8 Å². The molecule has 5 nitrogen and oxygen atoms in total. The number of para-hydroxylation sites is 1. The number of halogens is 1. The molecule has 1 N–H and O–H groups in total. The molecule has 2 aromatic heterocycles. The van der Waals surface area contributed by atoms with Crippen LogP contribution in [0.3, 0.4) is 0 Å². The van der Waals surface area contributed by atoms with Crippen LogP contribution in [0.1, 0.15) is 24.9 Å². The van der Waals surface area contributed by atoms with Crippen LogP contribution in [-0.4, -0.2) is 47.8 Å². The zero-order valence-electron chi connectivity index (χ0n) is 15.6. The zero-order chi connectivity index (χ0) is 20.2. The van der Waals surface area contributed by atoms with Crippen LogP contribution in [-0.2, 0) is 6.54 Å². The topological polar surface area (TPSA) is 52.7 Å². The summed E-state index contributed by atoms with van der Waals surface area (Å²) in [5.74, 6) is -0.245. The van der Waals surface area contributed by atoms with Gasteiger partial charge >= 0.3 is 0 Å². The van der Waals surface area contributed by atoms with Crippen molar-refractivity contribution < 1.29 is 9.59 Å². The Kier molecular flexibility index (Phi) is 6.30. The number of rotatable bonds is 5. The van der Waals surface area contributed by atoms with Crippen LogP contribution in [0.25, 0.3) is 0 Å². The lowest BCUT2D eigenvalue weighted by molar-refractivity contribution is 0.0630. The van der Waals surface area contributed by atoms with Crippen molar-refractivity contribution in [2.45, 2.75) is 6.54 Å². The number of piperazine rings is 1. The van der Waals surface area contributed by atoms with E-state index in [-0.39, 0.29) is 11.8 Å². The highest BCUT2D eigenvalue weighted by Gasteiger charge is 2.24. The summed E-state index contributed by atoms with van der Waals surface area (Å²) in [6.07, 6.45) is 0. The van der Waals surface area contributed by atoms with E-state index in [9.17, 15) is 9.59 Å². The van der Waals surface area contributed by atoms with Crippen LogP contribution in [0.2, 0.25) is 4.34 Å². The third-order valence-electron chi connectivity index (χ3n) is 4.82. The van der Waals surface area contributed by atoms with E-state index < -0.39 is 0 Å². The van der Waals surface area contributed by atoms with Crippen molar-refractivity contribution >= 4 is 51.8 Å². The molecular weight excluding hydrogens is 426 g/mol. The predicted octanol–water partition coefficient (Wildman–Crippen LogP) is 4.67. The summed E-state index contributed by atoms with van der Waals surface area (Å²) in [5, 5.41) is 4.74. The molecule has 0 saturated carbocycles. The first-order valence-corrected chi connectivity index (χ1v) is 11.4. The SMILES string of the molecule is O=C(Nc1ccccc1C(=O)N1CCN(Cc2ccc(Cl)s2)CC1)c1cccs1. The summed E-state index contributed by atoms with van der Waals surface area (Å²) >= 11 is 8.98. The quantitative estimate of drug-likeness (QED) is 0.620. The Balaban J connectivity index is 1.39. The van der Waals surface area contributed by atoms with Gasteiger partial charge in [-0.15, -0.1) is 22.7 Å². The molecule has 4 rings (SSSR count). The number of nitrogens with one attached hydrogen (secondary N) is 1. The van der Waals surface area contributed by atoms with E-state index >= 15 is 0 Å². The van der Waals surface area contributed by atoms with E-state index in [1.54, 1.807) is 29.5 Å². The van der Waals surface area contributed by atoms with Crippen molar-refractivity contribution in [3.63, 3.8) is 0 Å². The lowest BCUT2D eigenvalue weighted by atomic mass is 10.1. The van der Waals surface area contributed by atoms with Gasteiger partial charge in [0.15, 0.2) is 0 Å². The van der Waals surface area contributed by atoms with Gasteiger partial charge in [0.2, 0.25) is 0 Å². The van der Waals surface area contributed by atoms with Crippen LogP contribution in [0.4, 0.5) is 5.69 Å². The number of anilines is 1. The highest BCUT2D eigenvalue weighted by molar-refractivity contribution is 7.16. The fourth-order valence-corrected chi connectivity index (χ4v) is 5.06. The summed E-state index contributed by atoms with van der Waals surface area (Å²) in [6.45, 7) is 3.79. The van der Waals surface area contributed by atoms with Gasteiger partial charge < -0.3 is 10.2 Å². The Morgan fingerprint density at radius 3 is 2.48 bits per heavy atom. The van der Waals surface area contributed by atoms with Crippen molar-refractivity contribution in [2.75, 3.05) is 31.5 Å². The van der Waals surface area contributed by atoms with Crippen LogP contribution >= 0.6 is 34.3 Å². The maximum Gasteiger partial charge on any atom is 0.265 e. The maximum atomic E-state index is 13.1. The lowest BCUT2D eigenvalue weighted by Gasteiger charge is -2.34. The number of nitrogens with zero attached hydrogens (tertiary/aromatic N) is 2. The Hall–Kier alpha value is -2.19. The first-order chi connectivity index (χ1) is 14.1. The lowest BCUT2D eigenvalue weighted by Crippen LogP contribution is -2.48. The second-order valence-corrected chi connectivity index (χ2v) is 9.50. The normalized spacial score (nSPS) is 14.7. The van der Waals surface area contributed by atoms with Gasteiger partial charge in [0.1, 0.15) is 0 Å². The molecule has 1 fully saturated rings. The van der Waals surface area contributed by atoms with Gasteiger partial charge in [0.05, 0.1) is 20.5 Å². The van der Waals surface area contributed by atoms with Crippen LogP contribution in [0.15, 0.2) is 53.9 Å². The molecule has 8 heteroatoms. The largest absolute Gasteiger partial charge is 0.336 e. The fraction of sp³-hybridized carbons (Fsp3) is 0.238. The highest BCUT2D eigenvalue weighted by Crippen LogP contribution is 2.24. The van der Waals surface area contributed by atoms with Crippen molar-refractivity contribution in [1.29, 1.82) is 0 Å². The number of hydrogen-bond acceptors (Lipinski definition) is 5. The van der Waals surface area contributed by atoms with Crippen LogP contribution in [0, 0.1) is 0 Å². The van der Waals surface area contributed by atoms with E-state index in [4.69, 9.17) is 11.6 Å². The summed E-state index contributed by atoms with van der Waals surface area (Å²) in [7, 11) is 0. The number of thiophene rings is 2. The first kappa shape index (κ1) is 20.1. The Bertz CT molecular complexity index is 995. The molecule has 150 valence electrons. The summed E-state index contributed by atoms with van der Waals surface area (Å²) in [4.78, 5) is 31.5. The third-order valence-corrected chi connectivity index (χ3v) is 6.90. The molecule has 1 aliphatic rings. The maximum absolute atomic E-state index is 13.1. The van der Waals surface area contributed by atoms with E-state index in [2.05, 4.69) is 16.3 Å². The standard InChI is InChI=1S/C21H20ClN3O2S2/c22-19-8-7-15(29-19)14-24-9-11-25(12-10-24)21(27)16-4-1-2-5-17(16)23-20(26)18-6-3-13-28-18/h1-8,13H,9-12,14H2,(H,23,26). The van der Waals surface area contributed by atoms with Crippen molar-refractivity contribution in [2.24, 2.45) is 0 Å². The smallest absolute Gasteiger partial charge is 0.265 e. The number of amides is 2. The number of benzene rings is 1. The van der Waals surface area contributed by atoms with Gasteiger partial charge in [-0.2, -0.15) is 0 Å². The Labute approximate surface area is 182 Å². The first-order valence-electron chi connectivity index (χ1n) is 9.30. The van der Waals surface area contributed by atoms with Gasteiger partial charge in [0, 0.05) is 37.6 Å². The molecule has 1 aliphatic heterocycles. The minimum absolute atomic E-state index is 0.0501. The third kappa shape index (κ3) is 4.87. The molecule has 0 spiro atoms. The van der Waals surface area contributed by atoms with Crippen LogP contribution in [0.5, 0.6) is 0 Å². The summed E-state index contributed by atoms with van der Waals surface area (Å²) < 4.78 is 0.801. The molecule has 0 aliphatic carbocycles. The highest BCUT2D eigenvalue weighted by atomic mass is 35.5. The van der Waals surface area contributed by atoms with Gasteiger partial charge in [-0.05, 0) is 35.7 Å². The molecule has 3 aromatic rings. The van der Waals surface area contributed by atoms with E-state index in [1.807, 2.05) is 34.5 Å². The minimum atomic E-state index is -0.195. The summed E-state index contributed by atoms with van der Waals surface area (Å²) in [5.41, 5.74) is 1.07. The van der Waals surface area contributed by atoms with Crippen molar-refractivity contribution in [3.8, 4) is 0 Å².